The number of ether oxygens (including phenoxy) is 1. The maximum atomic E-state index is 12.5. The SMILES string of the molecule is CCN1CCN(Cc2cncc(Nc3ncc4c(n3)C(C)(C)Oc3cc(N5C(=O)CC[C@H]5C)ccc3-4)c2)CC1. The molecule has 9 nitrogen and oxygen atoms in total. The van der Waals surface area contributed by atoms with Crippen LogP contribution in [0.5, 0.6) is 5.75 Å². The minimum absolute atomic E-state index is 0.162. The summed E-state index contributed by atoms with van der Waals surface area (Å²) in [5, 5.41) is 3.35. The fourth-order valence-corrected chi connectivity index (χ4v) is 5.91. The van der Waals surface area contributed by atoms with E-state index in [2.05, 4.69) is 45.0 Å². The van der Waals surface area contributed by atoms with E-state index >= 15 is 0 Å². The third kappa shape index (κ3) is 5.08. The van der Waals surface area contributed by atoms with Gasteiger partial charge in [0.15, 0.2) is 0 Å². The van der Waals surface area contributed by atoms with Crippen molar-refractivity contribution in [2.24, 2.45) is 0 Å². The van der Waals surface area contributed by atoms with E-state index < -0.39 is 5.60 Å². The number of carbonyl (C=O) groups is 1. The van der Waals surface area contributed by atoms with E-state index in [1.165, 1.54) is 5.56 Å². The molecule has 0 radical (unpaired) electrons. The standard InChI is InChI=1S/C30H37N7O2/c1-5-35-10-12-36(13-11-35)19-21-14-22(17-31-16-21)33-29-32-18-25-24-8-7-23(37-20(2)6-9-27(37)38)15-26(24)39-30(3,4)28(25)34-29/h7-8,14-18,20H,5-6,9-13,19H2,1-4H3,(H,32,33,34)/t20-/m1/s1. The second-order valence-electron chi connectivity index (χ2n) is 11.3. The number of carbonyl (C=O) groups excluding carboxylic acids is 1. The van der Waals surface area contributed by atoms with Gasteiger partial charge in [0.2, 0.25) is 11.9 Å². The van der Waals surface area contributed by atoms with Crippen LogP contribution in [-0.2, 0) is 16.9 Å². The molecule has 3 aliphatic heterocycles. The fourth-order valence-electron chi connectivity index (χ4n) is 5.91. The maximum Gasteiger partial charge on any atom is 0.227 e. The van der Waals surface area contributed by atoms with Gasteiger partial charge in [-0.15, -0.1) is 0 Å². The minimum atomic E-state index is -0.665. The molecule has 204 valence electrons. The van der Waals surface area contributed by atoms with Crippen LogP contribution in [0.1, 0.15) is 51.8 Å². The summed E-state index contributed by atoms with van der Waals surface area (Å²) in [7, 11) is 0. The van der Waals surface area contributed by atoms with Crippen LogP contribution < -0.4 is 15.0 Å². The Labute approximate surface area is 230 Å². The van der Waals surface area contributed by atoms with Crippen LogP contribution in [0, 0.1) is 0 Å². The molecule has 0 saturated carbocycles. The molecule has 2 aromatic heterocycles. The number of likely N-dealkylation sites (N-methyl/N-ethyl adjacent to an activating group) is 1. The number of nitrogens with one attached hydrogen (secondary N) is 1. The normalized spacial score (nSPS) is 20.9. The summed E-state index contributed by atoms with van der Waals surface area (Å²) < 4.78 is 6.46. The smallest absolute Gasteiger partial charge is 0.227 e. The summed E-state index contributed by atoms with van der Waals surface area (Å²) in [6.07, 6.45) is 7.07. The number of rotatable bonds is 6. The summed E-state index contributed by atoms with van der Waals surface area (Å²) in [5.41, 5.74) is 4.95. The highest BCUT2D eigenvalue weighted by molar-refractivity contribution is 5.97. The lowest BCUT2D eigenvalue weighted by Crippen LogP contribution is -2.45. The molecule has 5 heterocycles. The Morgan fingerprint density at radius 2 is 1.85 bits per heavy atom. The zero-order valence-electron chi connectivity index (χ0n) is 23.3. The molecule has 6 rings (SSSR count). The first kappa shape index (κ1) is 25.7. The summed E-state index contributed by atoms with van der Waals surface area (Å²) in [6.45, 7) is 14.7. The van der Waals surface area contributed by atoms with Gasteiger partial charge in [0.1, 0.15) is 11.4 Å². The van der Waals surface area contributed by atoms with Gasteiger partial charge in [-0.2, -0.15) is 0 Å². The molecule has 39 heavy (non-hydrogen) atoms. The Hall–Kier alpha value is -3.56. The molecule has 0 aliphatic carbocycles. The Kier molecular flexibility index (Phi) is 6.72. The molecule has 1 N–H and O–H groups in total. The van der Waals surface area contributed by atoms with Crippen molar-refractivity contribution in [2.45, 2.75) is 58.7 Å². The Morgan fingerprint density at radius 1 is 1.05 bits per heavy atom. The first-order valence-corrected chi connectivity index (χ1v) is 14.0. The van der Waals surface area contributed by atoms with Crippen LogP contribution >= 0.6 is 0 Å². The molecule has 0 bridgehead atoms. The largest absolute Gasteiger partial charge is 0.481 e. The monoisotopic (exact) mass is 527 g/mol. The predicted octanol–water partition coefficient (Wildman–Crippen LogP) is 4.56. The molecule has 1 amide bonds. The van der Waals surface area contributed by atoms with Crippen LogP contribution in [0.4, 0.5) is 17.3 Å². The highest BCUT2D eigenvalue weighted by atomic mass is 16.5. The molecule has 3 aromatic rings. The maximum absolute atomic E-state index is 12.5. The van der Waals surface area contributed by atoms with Crippen molar-refractivity contribution in [1.82, 2.24) is 24.8 Å². The second kappa shape index (κ2) is 10.2. The number of anilines is 3. The second-order valence-corrected chi connectivity index (χ2v) is 11.3. The first-order chi connectivity index (χ1) is 18.8. The number of pyridine rings is 1. The number of fused-ring (bicyclic) bond motifs is 3. The summed E-state index contributed by atoms with van der Waals surface area (Å²) >= 11 is 0. The van der Waals surface area contributed by atoms with Crippen LogP contribution in [0.3, 0.4) is 0 Å². The Bertz CT molecular complexity index is 1380. The van der Waals surface area contributed by atoms with Gasteiger partial charge >= 0.3 is 0 Å². The van der Waals surface area contributed by atoms with E-state index in [1.54, 1.807) is 6.20 Å². The van der Waals surface area contributed by atoms with Gasteiger partial charge in [-0.25, -0.2) is 9.97 Å². The van der Waals surface area contributed by atoms with Crippen LogP contribution in [0.25, 0.3) is 11.1 Å². The molecular weight excluding hydrogens is 490 g/mol. The molecule has 0 spiro atoms. The van der Waals surface area contributed by atoms with Crippen LogP contribution in [0.2, 0.25) is 0 Å². The summed E-state index contributed by atoms with van der Waals surface area (Å²) in [5.74, 6) is 1.42. The fraction of sp³-hybridized carbons (Fsp3) is 0.467. The van der Waals surface area contributed by atoms with Crippen molar-refractivity contribution in [3.05, 3.63) is 54.1 Å². The number of benzene rings is 1. The topological polar surface area (TPSA) is 86.7 Å². The van der Waals surface area contributed by atoms with Gasteiger partial charge in [0, 0.05) is 80.5 Å². The van der Waals surface area contributed by atoms with E-state index in [-0.39, 0.29) is 11.9 Å². The van der Waals surface area contributed by atoms with Crippen molar-refractivity contribution in [3.8, 4) is 16.9 Å². The number of nitrogens with zero attached hydrogens (tertiary/aromatic N) is 6. The molecule has 1 aromatic carbocycles. The minimum Gasteiger partial charge on any atom is -0.481 e. The average Bonchev–Trinajstić information content (AvgIpc) is 3.26. The number of hydrogen-bond donors (Lipinski definition) is 1. The molecule has 3 aliphatic rings. The van der Waals surface area contributed by atoms with E-state index in [1.807, 2.05) is 49.3 Å². The van der Waals surface area contributed by atoms with Gasteiger partial charge in [-0.3, -0.25) is 14.7 Å². The predicted molar refractivity (Wildman–Crippen MR) is 152 cm³/mol. The lowest BCUT2D eigenvalue weighted by molar-refractivity contribution is -0.117. The Morgan fingerprint density at radius 3 is 2.59 bits per heavy atom. The first-order valence-electron chi connectivity index (χ1n) is 14.0. The van der Waals surface area contributed by atoms with Gasteiger partial charge < -0.3 is 19.9 Å². The zero-order chi connectivity index (χ0) is 27.1. The molecule has 2 fully saturated rings. The quantitative estimate of drug-likeness (QED) is 0.499. The van der Waals surface area contributed by atoms with E-state index in [9.17, 15) is 4.79 Å². The Balaban J connectivity index is 1.22. The van der Waals surface area contributed by atoms with E-state index in [0.29, 0.717) is 12.4 Å². The molecule has 2 saturated heterocycles. The lowest BCUT2D eigenvalue weighted by atomic mass is 9.91. The summed E-state index contributed by atoms with van der Waals surface area (Å²) in [6, 6.07) is 8.30. The molecule has 0 unspecified atom stereocenters. The zero-order valence-corrected chi connectivity index (χ0v) is 23.3. The number of amides is 1. The van der Waals surface area contributed by atoms with Gasteiger partial charge in [0.05, 0.1) is 17.6 Å². The third-order valence-corrected chi connectivity index (χ3v) is 8.11. The highest BCUT2D eigenvalue weighted by Crippen LogP contribution is 2.46. The van der Waals surface area contributed by atoms with E-state index in [4.69, 9.17) is 9.72 Å². The van der Waals surface area contributed by atoms with Crippen molar-refractivity contribution >= 4 is 23.2 Å². The molecular formula is C30H37N7O2. The van der Waals surface area contributed by atoms with Gasteiger partial charge in [-0.05, 0) is 57.5 Å². The number of piperazine rings is 1. The van der Waals surface area contributed by atoms with Crippen molar-refractivity contribution in [1.29, 1.82) is 0 Å². The lowest BCUT2D eigenvalue weighted by Gasteiger charge is -2.34. The van der Waals surface area contributed by atoms with Gasteiger partial charge in [0.25, 0.3) is 0 Å². The molecule has 9 heteroatoms. The van der Waals surface area contributed by atoms with Gasteiger partial charge in [-0.1, -0.05) is 6.92 Å². The van der Waals surface area contributed by atoms with Crippen LogP contribution in [-0.4, -0.2) is 69.4 Å². The van der Waals surface area contributed by atoms with Crippen molar-refractivity contribution < 1.29 is 9.53 Å². The van der Waals surface area contributed by atoms with Crippen molar-refractivity contribution in [3.63, 3.8) is 0 Å². The average molecular weight is 528 g/mol. The number of aromatic nitrogens is 3. The van der Waals surface area contributed by atoms with Crippen LogP contribution in [0.15, 0.2) is 42.9 Å². The highest BCUT2D eigenvalue weighted by Gasteiger charge is 2.36. The molecule has 1 atom stereocenters. The van der Waals surface area contributed by atoms with Crippen molar-refractivity contribution in [2.75, 3.05) is 42.9 Å². The van der Waals surface area contributed by atoms with E-state index in [0.717, 1.165) is 79.6 Å². The number of hydrogen-bond acceptors (Lipinski definition) is 8. The third-order valence-electron chi connectivity index (χ3n) is 8.11. The summed E-state index contributed by atoms with van der Waals surface area (Å²) in [4.78, 5) is 33.3.